The lowest BCUT2D eigenvalue weighted by molar-refractivity contribution is -0.133. The predicted octanol–water partition coefficient (Wildman–Crippen LogP) is 2.44. The van der Waals surface area contributed by atoms with Crippen LogP contribution in [0.5, 0.6) is 0 Å². The quantitative estimate of drug-likeness (QED) is 0.753. The molecule has 1 saturated heterocycles. The van der Waals surface area contributed by atoms with Gasteiger partial charge in [-0.25, -0.2) is 13.6 Å². The fourth-order valence-corrected chi connectivity index (χ4v) is 3.09. The first-order chi connectivity index (χ1) is 13.6. The molecule has 9 heteroatoms. The first-order valence-electron chi connectivity index (χ1n) is 8.78. The average molecular weight is 402 g/mol. The van der Waals surface area contributed by atoms with Gasteiger partial charge in [0, 0.05) is 31.0 Å². The zero-order valence-corrected chi connectivity index (χ0v) is 16.1. The Hall–Kier alpha value is -3.49. The lowest BCUT2D eigenvalue weighted by Crippen LogP contribution is -2.42. The molecule has 1 fully saturated rings. The van der Waals surface area contributed by atoms with Gasteiger partial charge in [-0.2, -0.15) is 0 Å². The van der Waals surface area contributed by atoms with Gasteiger partial charge < -0.3 is 15.5 Å². The predicted molar refractivity (Wildman–Crippen MR) is 103 cm³/mol. The van der Waals surface area contributed by atoms with Crippen molar-refractivity contribution in [3.63, 3.8) is 0 Å². The lowest BCUT2D eigenvalue weighted by atomic mass is 9.91. The van der Waals surface area contributed by atoms with Gasteiger partial charge in [-0.05, 0) is 49.4 Å². The number of rotatable bonds is 5. The third kappa shape index (κ3) is 3.89. The minimum atomic E-state index is -1.81. The number of imide groups is 1. The lowest BCUT2D eigenvalue weighted by Gasteiger charge is -2.22. The maximum atomic E-state index is 14.2. The number of carbonyl (C=O) groups excluding carboxylic acids is 3. The van der Waals surface area contributed by atoms with E-state index in [1.807, 2.05) is 19.0 Å². The van der Waals surface area contributed by atoms with E-state index in [0.717, 1.165) is 23.9 Å². The highest BCUT2D eigenvalue weighted by Gasteiger charge is 2.50. The molecule has 0 radical (unpaired) electrons. The van der Waals surface area contributed by atoms with E-state index in [2.05, 4.69) is 10.6 Å². The second-order valence-electron chi connectivity index (χ2n) is 7.06. The number of urea groups is 1. The summed E-state index contributed by atoms with van der Waals surface area (Å²) in [6.45, 7) is 0.704. The van der Waals surface area contributed by atoms with E-state index >= 15 is 0 Å². The van der Waals surface area contributed by atoms with Crippen LogP contribution in [0.4, 0.5) is 25.0 Å². The van der Waals surface area contributed by atoms with Gasteiger partial charge in [0.2, 0.25) is 5.91 Å². The second kappa shape index (κ2) is 7.50. The number of amides is 4. The van der Waals surface area contributed by atoms with Crippen molar-refractivity contribution in [1.82, 2.24) is 10.2 Å². The Morgan fingerprint density at radius 1 is 1.14 bits per heavy atom. The van der Waals surface area contributed by atoms with Crippen LogP contribution in [0.15, 0.2) is 42.5 Å². The van der Waals surface area contributed by atoms with Crippen LogP contribution in [0.25, 0.3) is 0 Å². The Labute approximate surface area is 166 Å². The number of carbonyl (C=O) groups is 3. The van der Waals surface area contributed by atoms with E-state index in [9.17, 15) is 23.2 Å². The molecule has 29 heavy (non-hydrogen) atoms. The van der Waals surface area contributed by atoms with Crippen molar-refractivity contribution in [3.8, 4) is 0 Å². The molecule has 0 unspecified atom stereocenters. The van der Waals surface area contributed by atoms with Gasteiger partial charge in [-0.1, -0.05) is 0 Å². The number of halogens is 2. The topological polar surface area (TPSA) is 81.8 Å². The monoisotopic (exact) mass is 402 g/mol. The molecule has 7 nitrogen and oxygen atoms in total. The molecular weight excluding hydrogens is 382 g/mol. The largest absolute Gasteiger partial charge is 0.378 e. The Balaban J connectivity index is 1.74. The molecule has 0 aliphatic carbocycles. The summed E-state index contributed by atoms with van der Waals surface area (Å²) in [6, 6.07) is 8.75. The van der Waals surface area contributed by atoms with Crippen LogP contribution >= 0.6 is 0 Å². The minimum Gasteiger partial charge on any atom is -0.378 e. The molecule has 2 N–H and O–H groups in total. The van der Waals surface area contributed by atoms with E-state index in [1.54, 1.807) is 24.3 Å². The number of benzene rings is 2. The van der Waals surface area contributed by atoms with E-state index in [1.165, 1.54) is 6.92 Å². The van der Waals surface area contributed by atoms with Crippen LogP contribution in [-0.2, 0) is 15.1 Å². The standard InChI is InChI=1S/C20H20F2N4O3/c1-20(15-10-12(21)4-9-16(15)22)18(28)26(19(29)24-20)11-17(27)23-13-5-7-14(8-6-13)25(2)3/h4-10H,11H2,1-3H3,(H,23,27)(H,24,29)/t20-/m0/s1. The zero-order valence-electron chi connectivity index (χ0n) is 16.1. The summed E-state index contributed by atoms with van der Waals surface area (Å²) in [5, 5.41) is 4.95. The molecule has 1 aliphatic rings. The molecule has 1 atom stereocenters. The van der Waals surface area contributed by atoms with Crippen LogP contribution in [-0.4, -0.2) is 43.4 Å². The third-order valence-electron chi connectivity index (χ3n) is 4.71. The van der Waals surface area contributed by atoms with Crippen molar-refractivity contribution < 1.29 is 23.2 Å². The molecular formula is C20H20F2N4O3. The average Bonchev–Trinajstić information content (AvgIpc) is 2.88. The van der Waals surface area contributed by atoms with E-state index in [0.29, 0.717) is 10.6 Å². The van der Waals surface area contributed by atoms with Gasteiger partial charge in [0.15, 0.2) is 0 Å². The summed E-state index contributed by atoms with van der Waals surface area (Å²) in [7, 11) is 3.76. The van der Waals surface area contributed by atoms with Crippen LogP contribution < -0.4 is 15.5 Å². The van der Waals surface area contributed by atoms with Crippen molar-refractivity contribution in [2.75, 3.05) is 30.9 Å². The molecule has 1 aliphatic heterocycles. The zero-order chi connectivity index (χ0) is 21.3. The van der Waals surface area contributed by atoms with Gasteiger partial charge in [0.05, 0.1) is 0 Å². The number of anilines is 2. The maximum Gasteiger partial charge on any atom is 0.325 e. The maximum absolute atomic E-state index is 14.2. The smallest absolute Gasteiger partial charge is 0.325 e. The number of nitrogens with zero attached hydrogens (tertiary/aromatic N) is 2. The molecule has 0 aromatic heterocycles. The molecule has 4 amide bonds. The van der Waals surface area contributed by atoms with Crippen LogP contribution in [0.1, 0.15) is 12.5 Å². The van der Waals surface area contributed by atoms with E-state index in [4.69, 9.17) is 0 Å². The van der Waals surface area contributed by atoms with Gasteiger partial charge in [-0.15, -0.1) is 0 Å². The van der Waals surface area contributed by atoms with Gasteiger partial charge in [-0.3, -0.25) is 14.5 Å². The first-order valence-corrected chi connectivity index (χ1v) is 8.78. The van der Waals surface area contributed by atoms with Crippen molar-refractivity contribution in [2.45, 2.75) is 12.5 Å². The third-order valence-corrected chi connectivity index (χ3v) is 4.71. The fraction of sp³-hybridized carbons (Fsp3) is 0.250. The number of nitrogens with one attached hydrogen (secondary N) is 2. The number of hydrogen-bond donors (Lipinski definition) is 2. The minimum absolute atomic E-state index is 0.307. The molecule has 0 saturated carbocycles. The highest BCUT2D eigenvalue weighted by Crippen LogP contribution is 2.31. The summed E-state index contributed by atoms with van der Waals surface area (Å²) in [5.41, 5.74) is -0.689. The van der Waals surface area contributed by atoms with Crippen LogP contribution in [0, 0.1) is 11.6 Å². The molecule has 0 spiro atoms. The van der Waals surface area contributed by atoms with Gasteiger partial charge in [0.1, 0.15) is 23.7 Å². The van der Waals surface area contributed by atoms with Crippen molar-refractivity contribution in [3.05, 3.63) is 59.7 Å². The van der Waals surface area contributed by atoms with Crippen molar-refractivity contribution in [2.24, 2.45) is 0 Å². The SMILES string of the molecule is CN(C)c1ccc(NC(=O)CN2C(=O)N[C@@](C)(c3cc(F)ccc3F)C2=O)cc1. The molecule has 2 aromatic rings. The Morgan fingerprint density at radius 2 is 1.79 bits per heavy atom. The normalized spacial score (nSPS) is 18.6. The summed E-state index contributed by atoms with van der Waals surface area (Å²) in [4.78, 5) is 39.9. The molecule has 3 rings (SSSR count). The highest BCUT2D eigenvalue weighted by molar-refractivity contribution is 6.10. The second-order valence-corrected chi connectivity index (χ2v) is 7.06. The molecule has 152 valence electrons. The molecule has 2 aromatic carbocycles. The molecule has 1 heterocycles. The van der Waals surface area contributed by atoms with E-state index in [-0.39, 0.29) is 5.56 Å². The van der Waals surface area contributed by atoms with Gasteiger partial charge >= 0.3 is 6.03 Å². The summed E-state index contributed by atoms with van der Waals surface area (Å²) < 4.78 is 27.7. The molecule has 0 bridgehead atoms. The van der Waals surface area contributed by atoms with Crippen LogP contribution in [0.2, 0.25) is 0 Å². The Morgan fingerprint density at radius 3 is 2.41 bits per heavy atom. The van der Waals surface area contributed by atoms with E-state index < -0.39 is 41.6 Å². The van der Waals surface area contributed by atoms with Crippen molar-refractivity contribution in [1.29, 1.82) is 0 Å². The number of hydrogen-bond acceptors (Lipinski definition) is 4. The Kier molecular flexibility index (Phi) is 5.23. The van der Waals surface area contributed by atoms with Gasteiger partial charge in [0.25, 0.3) is 5.91 Å². The highest BCUT2D eigenvalue weighted by atomic mass is 19.1. The Bertz CT molecular complexity index is 978. The first kappa shape index (κ1) is 20.2. The summed E-state index contributed by atoms with van der Waals surface area (Å²) in [6.07, 6.45) is 0. The summed E-state index contributed by atoms with van der Waals surface area (Å²) in [5.74, 6) is -3.03. The summed E-state index contributed by atoms with van der Waals surface area (Å²) >= 11 is 0. The van der Waals surface area contributed by atoms with Crippen LogP contribution in [0.3, 0.4) is 0 Å². The van der Waals surface area contributed by atoms with Crippen molar-refractivity contribution >= 4 is 29.2 Å². The fourth-order valence-electron chi connectivity index (χ4n) is 3.09.